The maximum Gasteiger partial charge on any atom is 0.255 e. The van der Waals surface area contributed by atoms with Gasteiger partial charge >= 0.3 is 0 Å². The van der Waals surface area contributed by atoms with Crippen LogP contribution < -0.4 is 9.47 Å². The minimum atomic E-state index is -0.0465. The third-order valence-corrected chi connectivity index (χ3v) is 5.89. The predicted molar refractivity (Wildman–Crippen MR) is 128 cm³/mol. The van der Waals surface area contributed by atoms with E-state index in [-0.39, 0.29) is 11.8 Å². The van der Waals surface area contributed by atoms with Crippen LogP contribution in [0.5, 0.6) is 17.4 Å². The molecule has 1 amide bonds. The fourth-order valence-corrected chi connectivity index (χ4v) is 4.10. The molecule has 1 aromatic carbocycles. The zero-order valence-corrected chi connectivity index (χ0v) is 19.2. The number of carbonyl (C=O) groups excluding carboxylic acids is 1. The van der Waals surface area contributed by atoms with Crippen molar-refractivity contribution in [3.8, 4) is 28.6 Å². The molecule has 1 saturated heterocycles. The molecule has 0 bridgehead atoms. The molecule has 35 heavy (non-hydrogen) atoms. The summed E-state index contributed by atoms with van der Waals surface area (Å²) in [5.74, 6) is 1.75. The van der Waals surface area contributed by atoms with E-state index in [0.29, 0.717) is 36.0 Å². The number of rotatable bonds is 6. The minimum Gasteiger partial charge on any atom is -0.497 e. The quantitative estimate of drug-likeness (QED) is 0.416. The second-order valence-electron chi connectivity index (χ2n) is 8.21. The van der Waals surface area contributed by atoms with Crippen molar-refractivity contribution < 1.29 is 14.3 Å². The molecule has 0 spiro atoms. The van der Waals surface area contributed by atoms with E-state index in [2.05, 4.69) is 24.9 Å². The number of methoxy groups -OCH3 is 1. The maximum atomic E-state index is 13.2. The standard InChI is InChI=1S/C26H24N6O3/c1-34-21-5-2-6-22(10-21)35-25-15-27-14-24(31-25)19-4-3-9-32(16-19)26(33)18-7-8-23(30-13-18)20-11-28-17-29-12-20/h2,5-8,10-15,17,19H,3-4,9,16H2,1H3/t19-/m0/s1. The Kier molecular flexibility index (Phi) is 6.56. The number of amides is 1. The molecule has 9 nitrogen and oxygen atoms in total. The molecule has 176 valence electrons. The monoisotopic (exact) mass is 468 g/mol. The first kappa shape index (κ1) is 22.4. The summed E-state index contributed by atoms with van der Waals surface area (Å²) >= 11 is 0. The molecule has 5 rings (SSSR count). The highest BCUT2D eigenvalue weighted by atomic mass is 16.5. The van der Waals surface area contributed by atoms with Gasteiger partial charge in [-0.25, -0.2) is 15.0 Å². The van der Waals surface area contributed by atoms with Crippen molar-refractivity contribution in [3.63, 3.8) is 0 Å². The van der Waals surface area contributed by atoms with E-state index in [1.54, 1.807) is 50.2 Å². The van der Waals surface area contributed by atoms with Gasteiger partial charge in [0.1, 0.15) is 17.8 Å². The van der Waals surface area contributed by atoms with Gasteiger partial charge in [-0.1, -0.05) is 6.07 Å². The van der Waals surface area contributed by atoms with Crippen LogP contribution in [0.25, 0.3) is 11.3 Å². The molecule has 9 heteroatoms. The summed E-state index contributed by atoms with van der Waals surface area (Å²) in [7, 11) is 1.61. The summed E-state index contributed by atoms with van der Waals surface area (Å²) in [6.07, 6.45) is 11.6. The first-order valence-electron chi connectivity index (χ1n) is 11.3. The van der Waals surface area contributed by atoms with Gasteiger partial charge in [0, 0.05) is 55.4 Å². The van der Waals surface area contributed by atoms with Crippen molar-refractivity contribution in [3.05, 3.63) is 85.0 Å². The lowest BCUT2D eigenvalue weighted by molar-refractivity contribution is 0.0705. The molecule has 4 heterocycles. The predicted octanol–water partition coefficient (Wildman–Crippen LogP) is 4.15. The van der Waals surface area contributed by atoms with Crippen LogP contribution in [-0.2, 0) is 0 Å². The molecule has 1 aliphatic heterocycles. The van der Waals surface area contributed by atoms with Gasteiger partial charge in [0.05, 0.1) is 30.3 Å². The largest absolute Gasteiger partial charge is 0.497 e. The molecular weight excluding hydrogens is 444 g/mol. The Labute approximate surface area is 202 Å². The van der Waals surface area contributed by atoms with Gasteiger partial charge in [0.2, 0.25) is 5.88 Å². The van der Waals surface area contributed by atoms with E-state index in [0.717, 1.165) is 29.8 Å². The van der Waals surface area contributed by atoms with Gasteiger partial charge in [-0.05, 0) is 37.1 Å². The van der Waals surface area contributed by atoms with Crippen molar-refractivity contribution in [2.75, 3.05) is 20.2 Å². The lowest BCUT2D eigenvalue weighted by atomic mass is 9.94. The first-order valence-corrected chi connectivity index (χ1v) is 11.3. The molecular formula is C26H24N6O3. The van der Waals surface area contributed by atoms with E-state index in [9.17, 15) is 4.79 Å². The van der Waals surface area contributed by atoms with Crippen LogP contribution in [0.2, 0.25) is 0 Å². The Morgan fingerprint density at radius 2 is 1.86 bits per heavy atom. The number of pyridine rings is 1. The number of hydrogen-bond donors (Lipinski definition) is 0. The van der Waals surface area contributed by atoms with Crippen LogP contribution in [0.4, 0.5) is 0 Å². The zero-order valence-electron chi connectivity index (χ0n) is 19.2. The fourth-order valence-electron chi connectivity index (χ4n) is 4.10. The molecule has 0 N–H and O–H groups in total. The highest BCUT2D eigenvalue weighted by Gasteiger charge is 2.27. The smallest absolute Gasteiger partial charge is 0.255 e. The number of carbonyl (C=O) groups is 1. The molecule has 1 atom stereocenters. The number of benzene rings is 1. The average molecular weight is 469 g/mol. The van der Waals surface area contributed by atoms with E-state index in [1.807, 2.05) is 29.2 Å². The van der Waals surface area contributed by atoms with Crippen LogP contribution in [0.3, 0.4) is 0 Å². The van der Waals surface area contributed by atoms with Crippen LogP contribution in [0.1, 0.15) is 34.8 Å². The van der Waals surface area contributed by atoms with Crippen LogP contribution >= 0.6 is 0 Å². The minimum absolute atomic E-state index is 0.0465. The number of hydrogen-bond acceptors (Lipinski definition) is 8. The van der Waals surface area contributed by atoms with Crippen LogP contribution in [-0.4, -0.2) is 55.9 Å². The molecule has 0 aliphatic carbocycles. The summed E-state index contributed by atoms with van der Waals surface area (Å²) in [5.41, 5.74) is 2.88. The van der Waals surface area contributed by atoms with E-state index < -0.39 is 0 Å². The molecule has 3 aromatic heterocycles. The third-order valence-electron chi connectivity index (χ3n) is 5.89. The zero-order chi connectivity index (χ0) is 24.0. The second kappa shape index (κ2) is 10.3. The van der Waals surface area contributed by atoms with Gasteiger partial charge in [0.25, 0.3) is 5.91 Å². The summed E-state index contributed by atoms with van der Waals surface area (Å²) in [4.78, 5) is 36.5. The Morgan fingerprint density at radius 1 is 1.00 bits per heavy atom. The summed E-state index contributed by atoms with van der Waals surface area (Å²) in [6, 6.07) is 10.9. The SMILES string of the molecule is COc1cccc(Oc2cncc([C@H]3CCCN(C(=O)c4ccc(-c5cncnc5)nc4)C3)n2)c1. The Balaban J connectivity index is 1.27. The highest BCUT2D eigenvalue weighted by molar-refractivity contribution is 5.94. The second-order valence-corrected chi connectivity index (χ2v) is 8.21. The lowest BCUT2D eigenvalue weighted by Crippen LogP contribution is -2.39. The normalized spacial score (nSPS) is 15.5. The van der Waals surface area contributed by atoms with Gasteiger partial charge in [0.15, 0.2) is 0 Å². The number of aromatic nitrogens is 5. The molecule has 4 aromatic rings. The Bertz CT molecular complexity index is 1300. The Hall–Kier alpha value is -4.40. The van der Waals surface area contributed by atoms with Crippen molar-refractivity contribution >= 4 is 5.91 Å². The fraction of sp³-hybridized carbons (Fsp3) is 0.231. The van der Waals surface area contributed by atoms with E-state index >= 15 is 0 Å². The van der Waals surface area contributed by atoms with Gasteiger partial charge < -0.3 is 14.4 Å². The van der Waals surface area contributed by atoms with Gasteiger partial charge in [-0.15, -0.1) is 0 Å². The molecule has 1 aliphatic rings. The first-order chi connectivity index (χ1) is 17.2. The molecule has 0 radical (unpaired) electrons. The molecule has 1 fully saturated rings. The summed E-state index contributed by atoms with van der Waals surface area (Å²) in [5, 5.41) is 0. The van der Waals surface area contributed by atoms with Crippen LogP contribution in [0.15, 0.2) is 73.7 Å². The number of nitrogens with zero attached hydrogens (tertiary/aromatic N) is 6. The summed E-state index contributed by atoms with van der Waals surface area (Å²) < 4.78 is 11.1. The van der Waals surface area contributed by atoms with Crippen molar-refractivity contribution in [1.82, 2.24) is 29.8 Å². The van der Waals surface area contributed by atoms with Crippen molar-refractivity contribution in [1.29, 1.82) is 0 Å². The van der Waals surface area contributed by atoms with Crippen LogP contribution in [0, 0.1) is 0 Å². The van der Waals surface area contributed by atoms with Crippen molar-refractivity contribution in [2.24, 2.45) is 0 Å². The average Bonchev–Trinajstić information content (AvgIpc) is 2.93. The van der Waals surface area contributed by atoms with E-state index in [1.165, 1.54) is 6.33 Å². The number of likely N-dealkylation sites (tertiary alicyclic amines) is 1. The van der Waals surface area contributed by atoms with Gasteiger partial charge in [-0.3, -0.25) is 14.8 Å². The maximum absolute atomic E-state index is 13.2. The van der Waals surface area contributed by atoms with Gasteiger partial charge in [-0.2, -0.15) is 0 Å². The third kappa shape index (κ3) is 5.24. The molecule has 0 saturated carbocycles. The van der Waals surface area contributed by atoms with E-state index in [4.69, 9.17) is 9.47 Å². The molecule has 0 unspecified atom stereocenters. The lowest BCUT2D eigenvalue weighted by Gasteiger charge is -2.32. The topological polar surface area (TPSA) is 103 Å². The number of piperidine rings is 1. The highest BCUT2D eigenvalue weighted by Crippen LogP contribution is 2.29. The number of ether oxygens (including phenoxy) is 2. The van der Waals surface area contributed by atoms with Crippen molar-refractivity contribution in [2.45, 2.75) is 18.8 Å². The summed E-state index contributed by atoms with van der Waals surface area (Å²) in [6.45, 7) is 1.25. The Morgan fingerprint density at radius 3 is 2.66 bits per heavy atom.